The third kappa shape index (κ3) is 6.81. The van der Waals surface area contributed by atoms with Gasteiger partial charge in [0.15, 0.2) is 0 Å². The number of amides is 1. The van der Waals surface area contributed by atoms with Gasteiger partial charge in [-0.25, -0.2) is 14.8 Å². The van der Waals surface area contributed by atoms with Gasteiger partial charge in [-0.15, -0.1) is 0 Å². The lowest BCUT2D eigenvalue weighted by molar-refractivity contribution is 0.0203. The highest BCUT2D eigenvalue weighted by molar-refractivity contribution is 9.10. The van der Waals surface area contributed by atoms with Crippen LogP contribution in [0.25, 0.3) is 22.3 Å². The van der Waals surface area contributed by atoms with Crippen molar-refractivity contribution in [3.63, 3.8) is 0 Å². The Morgan fingerprint density at radius 3 is 2.54 bits per heavy atom. The lowest BCUT2D eigenvalue weighted by atomic mass is 9.96. The average molecular weight is 618 g/mol. The molecule has 1 aliphatic heterocycles. The normalized spacial score (nSPS) is 14.9. The van der Waals surface area contributed by atoms with Gasteiger partial charge in [0.2, 0.25) is 0 Å². The zero-order valence-electron chi connectivity index (χ0n) is 24.0. The van der Waals surface area contributed by atoms with Crippen LogP contribution in [0, 0.1) is 6.92 Å². The summed E-state index contributed by atoms with van der Waals surface area (Å²) in [4.78, 5) is 36.5. The summed E-state index contributed by atoms with van der Waals surface area (Å²) < 4.78 is 16.2. The molecule has 9 nitrogen and oxygen atoms in total. The van der Waals surface area contributed by atoms with Crippen LogP contribution < -0.4 is 5.56 Å². The topological polar surface area (TPSA) is 91.5 Å². The monoisotopic (exact) mass is 616 g/mol. The van der Waals surface area contributed by atoms with Crippen LogP contribution in [0.5, 0.6) is 0 Å². The van der Waals surface area contributed by atoms with Crippen molar-refractivity contribution in [1.29, 1.82) is 0 Å². The minimum Gasteiger partial charge on any atom is -0.444 e. The number of aryl methyl sites for hydroxylation is 2. The Balaban J connectivity index is 1.65. The van der Waals surface area contributed by atoms with Crippen LogP contribution in [-0.4, -0.2) is 64.2 Å². The number of piperidine rings is 1. The predicted molar refractivity (Wildman–Crippen MR) is 159 cm³/mol. The SMILES string of the molecule is Cc1cc(-c2c(Br)c3nc(C4CCN(C(=O)OC(C)(C)C)CC4)ncc3n2COCC[Si](C)C)cn(C)c1=O. The van der Waals surface area contributed by atoms with Gasteiger partial charge in [0.25, 0.3) is 5.56 Å². The third-order valence-electron chi connectivity index (χ3n) is 6.88. The smallest absolute Gasteiger partial charge is 0.410 e. The molecule has 211 valence electrons. The van der Waals surface area contributed by atoms with Crippen LogP contribution in [0.4, 0.5) is 4.79 Å². The molecule has 39 heavy (non-hydrogen) atoms. The van der Waals surface area contributed by atoms with Gasteiger partial charge in [-0.05, 0) is 68.6 Å². The Hall–Kier alpha value is -2.50. The molecule has 1 radical (unpaired) electrons. The molecule has 1 amide bonds. The molecule has 3 aromatic rings. The number of halogens is 1. The largest absolute Gasteiger partial charge is 0.444 e. The Kier molecular flexibility index (Phi) is 9.02. The molecule has 0 saturated carbocycles. The first-order valence-electron chi connectivity index (χ1n) is 13.4. The van der Waals surface area contributed by atoms with Gasteiger partial charge < -0.3 is 23.5 Å². The number of ether oxygens (including phenoxy) is 2. The molecule has 1 saturated heterocycles. The number of carbonyl (C=O) groups excluding carboxylic acids is 1. The molecule has 0 bridgehead atoms. The maximum Gasteiger partial charge on any atom is 0.410 e. The highest BCUT2D eigenvalue weighted by atomic mass is 79.9. The van der Waals surface area contributed by atoms with E-state index < -0.39 is 5.60 Å². The number of fused-ring (bicyclic) bond motifs is 1. The Bertz CT molecular complexity index is 1380. The first-order valence-corrected chi connectivity index (χ1v) is 16.9. The van der Waals surface area contributed by atoms with E-state index >= 15 is 0 Å². The van der Waals surface area contributed by atoms with Gasteiger partial charge in [-0.2, -0.15) is 0 Å². The number of aromatic nitrogens is 4. The Morgan fingerprint density at radius 2 is 1.92 bits per heavy atom. The average Bonchev–Trinajstić information content (AvgIpc) is 3.14. The maximum atomic E-state index is 12.5. The van der Waals surface area contributed by atoms with Gasteiger partial charge in [-0.1, -0.05) is 13.1 Å². The van der Waals surface area contributed by atoms with Crippen LogP contribution in [-0.2, 0) is 23.3 Å². The van der Waals surface area contributed by atoms with Gasteiger partial charge in [0, 0.05) is 58.8 Å². The van der Waals surface area contributed by atoms with E-state index in [1.807, 2.05) is 46.2 Å². The number of rotatable bonds is 7. The highest BCUT2D eigenvalue weighted by Gasteiger charge is 2.29. The van der Waals surface area contributed by atoms with Gasteiger partial charge in [-0.3, -0.25) is 4.79 Å². The van der Waals surface area contributed by atoms with Gasteiger partial charge in [0.1, 0.15) is 23.7 Å². The highest BCUT2D eigenvalue weighted by Crippen LogP contribution is 2.38. The molecular weight excluding hydrogens is 578 g/mol. The lowest BCUT2D eigenvalue weighted by Crippen LogP contribution is -2.41. The molecule has 0 unspecified atom stereocenters. The molecule has 0 spiro atoms. The van der Waals surface area contributed by atoms with Crippen LogP contribution in [0.15, 0.2) is 27.7 Å². The quantitative estimate of drug-likeness (QED) is 0.249. The van der Waals surface area contributed by atoms with Crippen molar-refractivity contribution >= 4 is 41.9 Å². The number of pyridine rings is 1. The first-order chi connectivity index (χ1) is 18.4. The number of carbonyl (C=O) groups is 1. The minimum atomic E-state index is -0.511. The molecule has 3 aromatic heterocycles. The van der Waals surface area contributed by atoms with Crippen molar-refractivity contribution < 1.29 is 14.3 Å². The molecule has 0 N–H and O–H groups in total. The minimum absolute atomic E-state index is 0.0193. The van der Waals surface area contributed by atoms with Crippen LogP contribution in [0.1, 0.15) is 50.9 Å². The zero-order valence-corrected chi connectivity index (χ0v) is 26.6. The zero-order chi connectivity index (χ0) is 28.5. The number of nitrogens with zero attached hydrogens (tertiary/aromatic N) is 5. The molecule has 0 aliphatic carbocycles. The fourth-order valence-corrected chi connectivity index (χ4v) is 6.09. The second kappa shape index (κ2) is 11.9. The van der Waals surface area contributed by atoms with Crippen LogP contribution >= 0.6 is 15.9 Å². The summed E-state index contributed by atoms with van der Waals surface area (Å²) in [6.45, 7) is 14.3. The predicted octanol–water partition coefficient (Wildman–Crippen LogP) is 5.71. The maximum absolute atomic E-state index is 12.5. The first kappa shape index (κ1) is 29.5. The summed E-state index contributed by atoms with van der Waals surface area (Å²) in [7, 11) is 1.39. The van der Waals surface area contributed by atoms with E-state index in [9.17, 15) is 9.59 Å². The molecule has 0 aromatic carbocycles. The Labute approximate surface area is 240 Å². The van der Waals surface area contributed by atoms with E-state index in [4.69, 9.17) is 19.4 Å². The van der Waals surface area contributed by atoms with Crippen molar-refractivity contribution in [3.05, 3.63) is 44.7 Å². The standard InChI is InChI=1S/C28H39BrN5O4Si/c1-18-14-20(16-32(5)26(18)35)24-22(29)23-21(34(24)17-37-12-13-39(6)7)15-30-25(31-23)19-8-10-33(11-9-19)27(36)38-28(2,3)4/h14-16,19H,8-13,17H2,1-7H3. The van der Waals surface area contributed by atoms with Crippen molar-refractivity contribution in [2.24, 2.45) is 7.05 Å². The van der Waals surface area contributed by atoms with E-state index in [0.29, 0.717) is 32.0 Å². The number of hydrogen-bond donors (Lipinski definition) is 0. The van der Waals surface area contributed by atoms with E-state index in [2.05, 4.69) is 33.6 Å². The molecular formula is C28H39BrN5O4Si. The molecule has 4 heterocycles. The summed E-state index contributed by atoms with van der Waals surface area (Å²) >= 11 is 3.84. The second-order valence-electron chi connectivity index (χ2n) is 11.6. The van der Waals surface area contributed by atoms with Gasteiger partial charge >= 0.3 is 6.09 Å². The summed E-state index contributed by atoms with van der Waals surface area (Å²) in [6.07, 6.45) is 5.01. The van der Waals surface area contributed by atoms with Crippen molar-refractivity contribution in [2.45, 2.75) is 77.9 Å². The number of hydrogen-bond acceptors (Lipinski definition) is 6. The van der Waals surface area contributed by atoms with E-state index in [0.717, 1.165) is 51.5 Å². The fraction of sp³-hybridized carbons (Fsp3) is 0.571. The molecule has 0 atom stereocenters. The second-order valence-corrected chi connectivity index (χ2v) is 15.3. The lowest BCUT2D eigenvalue weighted by Gasteiger charge is -2.32. The fourth-order valence-electron chi connectivity index (χ4n) is 4.80. The van der Waals surface area contributed by atoms with Crippen LogP contribution in [0.2, 0.25) is 19.1 Å². The summed E-state index contributed by atoms with van der Waals surface area (Å²) in [5.74, 6) is 0.926. The van der Waals surface area contributed by atoms with E-state index in [1.54, 1.807) is 16.5 Å². The van der Waals surface area contributed by atoms with E-state index in [1.165, 1.54) is 0 Å². The van der Waals surface area contributed by atoms with Crippen molar-refractivity contribution in [3.8, 4) is 11.3 Å². The molecule has 1 aliphatic rings. The number of likely N-dealkylation sites (tertiary alicyclic amines) is 1. The summed E-state index contributed by atoms with van der Waals surface area (Å²) in [6, 6.07) is 2.99. The van der Waals surface area contributed by atoms with Gasteiger partial charge in [0.05, 0.1) is 21.9 Å². The molecule has 4 rings (SSSR count). The summed E-state index contributed by atoms with van der Waals surface area (Å²) in [5.41, 5.74) is 3.65. The summed E-state index contributed by atoms with van der Waals surface area (Å²) in [5, 5.41) is 0. The van der Waals surface area contributed by atoms with Crippen molar-refractivity contribution in [1.82, 2.24) is 24.0 Å². The molecule has 1 fully saturated rings. The molecule has 11 heteroatoms. The van der Waals surface area contributed by atoms with E-state index in [-0.39, 0.29) is 26.4 Å². The van der Waals surface area contributed by atoms with Crippen molar-refractivity contribution in [2.75, 3.05) is 19.7 Å². The Morgan fingerprint density at radius 1 is 1.23 bits per heavy atom. The third-order valence-corrected chi connectivity index (χ3v) is 8.83. The van der Waals surface area contributed by atoms with Crippen LogP contribution in [0.3, 0.4) is 0 Å².